The first-order valence-electron chi connectivity index (χ1n) is 8.27. The summed E-state index contributed by atoms with van der Waals surface area (Å²) in [5.74, 6) is -1.13. The average molecular weight is 332 g/mol. The monoisotopic (exact) mass is 332 g/mol. The topological polar surface area (TPSA) is 62.5 Å². The molecule has 6 heteroatoms. The number of carbonyl (C=O) groups is 1. The van der Waals surface area contributed by atoms with Crippen LogP contribution in [0.5, 0.6) is 0 Å². The molecule has 1 fully saturated rings. The summed E-state index contributed by atoms with van der Waals surface area (Å²) < 4.78 is 16.3. The number of aromatic nitrogens is 1. The van der Waals surface area contributed by atoms with E-state index in [0.717, 1.165) is 25.9 Å². The highest BCUT2D eigenvalue weighted by Crippen LogP contribution is 2.28. The van der Waals surface area contributed by atoms with E-state index < -0.39 is 17.2 Å². The Bertz CT molecular complexity index is 851. The van der Waals surface area contributed by atoms with Gasteiger partial charge in [0.1, 0.15) is 11.4 Å². The molecule has 5 nitrogen and oxygen atoms in total. The van der Waals surface area contributed by atoms with Crippen LogP contribution in [0.1, 0.15) is 37.0 Å². The van der Waals surface area contributed by atoms with Crippen LogP contribution < -0.4 is 10.3 Å². The number of benzene rings is 1. The number of hydrogen-bond acceptors (Lipinski definition) is 3. The first-order chi connectivity index (χ1) is 11.4. The van der Waals surface area contributed by atoms with Crippen LogP contribution in [-0.2, 0) is 6.54 Å². The van der Waals surface area contributed by atoms with E-state index in [4.69, 9.17) is 0 Å². The van der Waals surface area contributed by atoms with Crippen molar-refractivity contribution < 1.29 is 14.3 Å². The van der Waals surface area contributed by atoms with Gasteiger partial charge in [-0.05, 0) is 37.8 Å². The zero-order valence-electron chi connectivity index (χ0n) is 13.9. The molecule has 24 heavy (non-hydrogen) atoms. The van der Waals surface area contributed by atoms with E-state index in [-0.39, 0.29) is 10.9 Å². The van der Waals surface area contributed by atoms with E-state index in [2.05, 4.69) is 6.92 Å². The van der Waals surface area contributed by atoms with Crippen molar-refractivity contribution in [3.05, 3.63) is 39.9 Å². The molecule has 1 aromatic heterocycles. The highest BCUT2D eigenvalue weighted by atomic mass is 19.1. The fourth-order valence-electron chi connectivity index (χ4n) is 3.31. The largest absolute Gasteiger partial charge is 0.477 e. The molecule has 2 aromatic rings. The Morgan fingerprint density at radius 1 is 1.33 bits per heavy atom. The molecule has 1 saturated heterocycles. The molecule has 0 saturated carbocycles. The number of piperidine rings is 1. The number of carboxylic acids is 1. The summed E-state index contributed by atoms with van der Waals surface area (Å²) in [6.07, 6.45) is 3.36. The average Bonchev–Trinajstić information content (AvgIpc) is 2.56. The SMILES string of the molecule is CCn1cc(C(=O)O)c(=O)c2cc(F)c(N3CCC(C)CC3)cc21. The van der Waals surface area contributed by atoms with Crippen LogP contribution in [0.3, 0.4) is 0 Å². The predicted molar refractivity (Wildman–Crippen MR) is 91.4 cm³/mol. The Kier molecular flexibility index (Phi) is 4.30. The lowest BCUT2D eigenvalue weighted by Gasteiger charge is -2.32. The predicted octanol–water partition coefficient (Wildman–Crippen LogP) is 3.10. The molecule has 0 amide bonds. The number of aryl methyl sites for hydroxylation is 1. The molecule has 0 aliphatic carbocycles. The van der Waals surface area contributed by atoms with Crippen molar-refractivity contribution in [2.45, 2.75) is 33.2 Å². The van der Waals surface area contributed by atoms with Crippen molar-refractivity contribution in [2.75, 3.05) is 18.0 Å². The van der Waals surface area contributed by atoms with Crippen LogP contribution in [0.4, 0.5) is 10.1 Å². The lowest BCUT2D eigenvalue weighted by atomic mass is 9.98. The van der Waals surface area contributed by atoms with Gasteiger partial charge < -0.3 is 14.6 Å². The van der Waals surface area contributed by atoms with Crippen LogP contribution in [0, 0.1) is 11.7 Å². The maximum atomic E-state index is 14.6. The molecular weight excluding hydrogens is 311 g/mol. The van der Waals surface area contributed by atoms with Crippen LogP contribution in [0.25, 0.3) is 10.9 Å². The minimum absolute atomic E-state index is 0.114. The lowest BCUT2D eigenvalue weighted by Crippen LogP contribution is -2.33. The molecule has 0 spiro atoms. The van der Waals surface area contributed by atoms with Gasteiger partial charge in [0.15, 0.2) is 0 Å². The summed E-state index contributed by atoms with van der Waals surface area (Å²) in [5.41, 5.74) is 0.0878. The van der Waals surface area contributed by atoms with Crippen LogP contribution in [0.2, 0.25) is 0 Å². The fourth-order valence-corrected chi connectivity index (χ4v) is 3.31. The molecule has 1 aromatic carbocycles. The summed E-state index contributed by atoms with van der Waals surface area (Å²) in [5, 5.41) is 9.30. The van der Waals surface area contributed by atoms with Gasteiger partial charge in [0.25, 0.3) is 0 Å². The molecule has 1 aliphatic rings. The molecular formula is C18H21FN2O3. The van der Waals surface area contributed by atoms with E-state index in [1.807, 2.05) is 11.8 Å². The second-order valence-corrected chi connectivity index (χ2v) is 6.45. The zero-order valence-corrected chi connectivity index (χ0v) is 13.9. The van der Waals surface area contributed by atoms with Crippen molar-refractivity contribution in [1.29, 1.82) is 0 Å². The molecule has 1 aliphatic heterocycles. The summed E-state index contributed by atoms with van der Waals surface area (Å²) in [4.78, 5) is 25.6. The number of halogens is 1. The maximum absolute atomic E-state index is 14.6. The third-order valence-electron chi connectivity index (χ3n) is 4.84. The van der Waals surface area contributed by atoms with Gasteiger partial charge >= 0.3 is 5.97 Å². The Labute approximate surface area is 139 Å². The summed E-state index contributed by atoms with van der Waals surface area (Å²) in [7, 11) is 0. The molecule has 2 heterocycles. The quantitative estimate of drug-likeness (QED) is 0.938. The van der Waals surface area contributed by atoms with E-state index in [9.17, 15) is 19.1 Å². The van der Waals surface area contributed by atoms with Gasteiger partial charge in [0.2, 0.25) is 5.43 Å². The summed E-state index contributed by atoms with van der Waals surface area (Å²) >= 11 is 0. The normalized spacial score (nSPS) is 15.9. The van der Waals surface area contributed by atoms with Gasteiger partial charge in [-0.1, -0.05) is 6.92 Å². The zero-order chi connectivity index (χ0) is 17.4. The number of anilines is 1. The first-order valence-corrected chi connectivity index (χ1v) is 8.27. The lowest BCUT2D eigenvalue weighted by molar-refractivity contribution is 0.0695. The Hall–Kier alpha value is -2.37. The summed E-state index contributed by atoms with van der Waals surface area (Å²) in [6.45, 7) is 6.12. The van der Waals surface area contributed by atoms with Crippen LogP contribution in [-0.4, -0.2) is 28.7 Å². The van der Waals surface area contributed by atoms with E-state index in [1.54, 1.807) is 10.6 Å². The molecule has 1 N–H and O–H groups in total. The molecule has 0 bridgehead atoms. The number of hydrogen-bond donors (Lipinski definition) is 1. The highest BCUT2D eigenvalue weighted by molar-refractivity contribution is 5.93. The highest BCUT2D eigenvalue weighted by Gasteiger charge is 2.21. The number of carboxylic acid groups (broad SMARTS) is 1. The molecule has 3 rings (SSSR count). The molecule has 0 atom stereocenters. The number of fused-ring (bicyclic) bond motifs is 1. The van der Waals surface area contributed by atoms with Gasteiger partial charge in [0, 0.05) is 31.2 Å². The van der Waals surface area contributed by atoms with Gasteiger partial charge in [-0.3, -0.25) is 4.79 Å². The smallest absolute Gasteiger partial charge is 0.341 e. The Balaban J connectivity index is 2.18. The number of rotatable bonds is 3. The van der Waals surface area contributed by atoms with E-state index in [0.29, 0.717) is 23.7 Å². The third-order valence-corrected chi connectivity index (χ3v) is 4.84. The minimum atomic E-state index is -1.29. The molecule has 0 radical (unpaired) electrons. The van der Waals surface area contributed by atoms with Crippen molar-refractivity contribution in [3.63, 3.8) is 0 Å². The number of nitrogens with zero attached hydrogens (tertiary/aromatic N) is 2. The number of pyridine rings is 1. The Morgan fingerprint density at radius 2 is 2.00 bits per heavy atom. The Morgan fingerprint density at radius 3 is 2.58 bits per heavy atom. The summed E-state index contributed by atoms with van der Waals surface area (Å²) in [6, 6.07) is 2.86. The standard InChI is InChI=1S/C18H21FN2O3/c1-3-20-10-13(18(23)24)17(22)12-8-14(19)16(9-15(12)20)21-6-4-11(2)5-7-21/h8-11H,3-7H2,1-2H3,(H,23,24). The second-order valence-electron chi connectivity index (χ2n) is 6.45. The minimum Gasteiger partial charge on any atom is -0.477 e. The molecule has 0 unspecified atom stereocenters. The van der Waals surface area contributed by atoms with Gasteiger partial charge in [-0.2, -0.15) is 0 Å². The van der Waals surface area contributed by atoms with E-state index >= 15 is 0 Å². The number of aromatic carboxylic acids is 1. The van der Waals surface area contributed by atoms with E-state index in [1.165, 1.54) is 12.3 Å². The van der Waals surface area contributed by atoms with Gasteiger partial charge in [-0.25, -0.2) is 9.18 Å². The fraction of sp³-hybridized carbons (Fsp3) is 0.444. The maximum Gasteiger partial charge on any atom is 0.341 e. The molecule has 128 valence electrons. The first kappa shape index (κ1) is 16.5. The van der Waals surface area contributed by atoms with Crippen molar-refractivity contribution in [1.82, 2.24) is 4.57 Å². The van der Waals surface area contributed by atoms with Crippen LogP contribution in [0.15, 0.2) is 23.1 Å². The van der Waals surface area contributed by atoms with Gasteiger partial charge in [0.05, 0.1) is 11.2 Å². The van der Waals surface area contributed by atoms with Gasteiger partial charge in [-0.15, -0.1) is 0 Å². The van der Waals surface area contributed by atoms with Crippen molar-refractivity contribution >= 4 is 22.6 Å². The van der Waals surface area contributed by atoms with Crippen LogP contribution >= 0.6 is 0 Å². The van der Waals surface area contributed by atoms with Crippen molar-refractivity contribution in [3.8, 4) is 0 Å². The van der Waals surface area contributed by atoms with Crippen molar-refractivity contribution in [2.24, 2.45) is 5.92 Å². The third kappa shape index (κ3) is 2.77. The second kappa shape index (κ2) is 6.26.